The Hall–Kier alpha value is -2.19. The van der Waals surface area contributed by atoms with Gasteiger partial charge in [0.1, 0.15) is 17.3 Å². The molecule has 3 fully saturated rings. The number of halogens is 2. The highest BCUT2D eigenvalue weighted by atomic mass is 35.5. The molecular weight excluding hydrogens is 419 g/mol. The Morgan fingerprint density at radius 2 is 1.93 bits per heavy atom. The van der Waals surface area contributed by atoms with Crippen LogP contribution in [0.3, 0.4) is 0 Å². The number of hydrogen-bond donors (Lipinski definition) is 2. The fourth-order valence-electron chi connectivity index (χ4n) is 4.12. The Morgan fingerprint density at radius 3 is 2.62 bits per heavy atom. The van der Waals surface area contributed by atoms with Crippen LogP contribution in [0.15, 0.2) is 34.7 Å². The van der Waals surface area contributed by atoms with E-state index >= 15 is 0 Å². The maximum atomic E-state index is 13.4. The van der Waals surface area contributed by atoms with Gasteiger partial charge in [-0.1, -0.05) is 11.6 Å². The molecule has 3 aliphatic rings. The Labute approximate surface area is 176 Å². The molecule has 2 aromatic rings. The van der Waals surface area contributed by atoms with E-state index in [1.807, 2.05) is 12.3 Å². The van der Waals surface area contributed by atoms with Gasteiger partial charge in [0.2, 0.25) is 0 Å². The molecule has 6 nitrogen and oxygen atoms in total. The molecule has 1 aromatic carbocycles. The summed E-state index contributed by atoms with van der Waals surface area (Å²) in [5.41, 5.74) is -0.580. The number of rotatable bonds is 8. The lowest BCUT2D eigenvalue weighted by molar-refractivity contribution is -0.141. The minimum atomic E-state index is -0.598. The first-order chi connectivity index (χ1) is 13.8. The van der Waals surface area contributed by atoms with Gasteiger partial charge < -0.3 is 19.8 Å². The van der Waals surface area contributed by atoms with E-state index in [4.69, 9.17) is 20.8 Å². The number of thioether (sulfide) groups is 1. The molecule has 2 amide bonds. The number of ether oxygens (including phenoxy) is 1. The fourth-order valence-corrected chi connectivity index (χ4v) is 4.68. The highest BCUT2D eigenvalue weighted by Crippen LogP contribution is 2.60. The summed E-state index contributed by atoms with van der Waals surface area (Å²) in [5, 5.41) is 5.97. The second-order valence-corrected chi connectivity index (χ2v) is 8.93. The van der Waals surface area contributed by atoms with Crippen molar-refractivity contribution in [3.63, 3.8) is 0 Å². The Morgan fingerprint density at radius 1 is 1.21 bits per heavy atom. The first-order valence-corrected chi connectivity index (χ1v) is 10.9. The molecule has 0 unspecified atom stereocenters. The van der Waals surface area contributed by atoms with Gasteiger partial charge in [-0.05, 0) is 49.8 Å². The fraction of sp³-hybridized carbons (Fsp3) is 0.400. The van der Waals surface area contributed by atoms with Gasteiger partial charge >= 0.3 is 0 Å². The molecule has 1 aromatic heterocycles. The minimum Gasteiger partial charge on any atom is -0.484 e. The molecule has 0 radical (unpaired) electrons. The summed E-state index contributed by atoms with van der Waals surface area (Å²) in [5.74, 6) is 0.919. The third-order valence-electron chi connectivity index (χ3n) is 5.25. The molecule has 3 aliphatic carbocycles. The largest absolute Gasteiger partial charge is 0.484 e. The Balaban J connectivity index is 1.22. The molecule has 154 valence electrons. The molecule has 9 heteroatoms. The number of benzene rings is 1. The number of furan rings is 1. The first-order valence-electron chi connectivity index (χ1n) is 9.11. The normalized spacial score (nSPS) is 24.2. The van der Waals surface area contributed by atoms with Crippen LogP contribution < -0.4 is 15.4 Å². The molecule has 2 bridgehead atoms. The third kappa shape index (κ3) is 4.09. The molecule has 0 spiro atoms. The summed E-state index contributed by atoms with van der Waals surface area (Å²) < 4.78 is 24.3. The molecule has 0 aliphatic heterocycles. The van der Waals surface area contributed by atoms with Gasteiger partial charge in [-0.15, -0.1) is 0 Å². The van der Waals surface area contributed by atoms with Crippen LogP contribution in [0.2, 0.25) is 5.02 Å². The molecule has 0 atom stereocenters. The van der Waals surface area contributed by atoms with E-state index in [0.717, 1.165) is 17.6 Å². The van der Waals surface area contributed by atoms with Gasteiger partial charge in [-0.2, -0.15) is 11.8 Å². The van der Waals surface area contributed by atoms with Gasteiger partial charge in [-0.3, -0.25) is 9.59 Å². The van der Waals surface area contributed by atoms with Crippen LogP contribution >= 0.6 is 23.4 Å². The Bertz CT molecular complexity index is 944. The van der Waals surface area contributed by atoms with Gasteiger partial charge in [0.25, 0.3) is 11.8 Å². The summed E-state index contributed by atoms with van der Waals surface area (Å²) in [6.45, 7) is -0.215. The average molecular weight is 439 g/mol. The Kier molecular flexibility index (Phi) is 5.25. The zero-order valence-electron chi connectivity index (χ0n) is 15.7. The van der Waals surface area contributed by atoms with Crippen LogP contribution in [0, 0.1) is 5.82 Å². The van der Waals surface area contributed by atoms with Crippen LogP contribution in [0.25, 0.3) is 0 Å². The van der Waals surface area contributed by atoms with Crippen LogP contribution in [0.4, 0.5) is 4.39 Å². The van der Waals surface area contributed by atoms with Gasteiger partial charge in [0, 0.05) is 17.1 Å². The molecule has 29 heavy (non-hydrogen) atoms. The van der Waals surface area contributed by atoms with Crippen molar-refractivity contribution in [2.24, 2.45) is 0 Å². The van der Waals surface area contributed by atoms with E-state index in [1.54, 1.807) is 17.8 Å². The first kappa shape index (κ1) is 20.1. The second-order valence-electron chi connectivity index (χ2n) is 7.66. The zero-order chi connectivity index (χ0) is 20.6. The summed E-state index contributed by atoms with van der Waals surface area (Å²) in [4.78, 5) is 24.5. The molecule has 2 N–H and O–H groups in total. The van der Waals surface area contributed by atoms with Crippen LogP contribution in [0.5, 0.6) is 5.75 Å². The summed E-state index contributed by atoms with van der Waals surface area (Å²) in [6, 6.07) is 7.51. The van der Waals surface area contributed by atoms with E-state index in [2.05, 4.69) is 10.6 Å². The maximum Gasteiger partial charge on any atom is 0.287 e. The molecule has 0 saturated heterocycles. The van der Waals surface area contributed by atoms with Crippen molar-refractivity contribution >= 4 is 35.2 Å². The van der Waals surface area contributed by atoms with Crippen molar-refractivity contribution < 1.29 is 23.1 Å². The number of nitrogens with one attached hydrogen (secondary N) is 2. The molecule has 1 heterocycles. The monoisotopic (exact) mass is 438 g/mol. The van der Waals surface area contributed by atoms with E-state index in [-0.39, 0.29) is 40.3 Å². The third-order valence-corrected chi connectivity index (χ3v) is 6.13. The topological polar surface area (TPSA) is 80.6 Å². The highest BCUT2D eigenvalue weighted by Gasteiger charge is 2.69. The van der Waals surface area contributed by atoms with Gasteiger partial charge in [0.15, 0.2) is 12.4 Å². The van der Waals surface area contributed by atoms with Gasteiger partial charge in [-0.25, -0.2) is 4.39 Å². The van der Waals surface area contributed by atoms with Crippen molar-refractivity contribution in [2.75, 3.05) is 12.9 Å². The summed E-state index contributed by atoms with van der Waals surface area (Å²) in [6.07, 6.45) is 3.99. The van der Waals surface area contributed by atoms with Crippen LogP contribution in [-0.2, 0) is 10.5 Å². The smallest absolute Gasteiger partial charge is 0.287 e. The van der Waals surface area contributed by atoms with Crippen molar-refractivity contribution in [3.05, 3.63) is 52.7 Å². The van der Waals surface area contributed by atoms with E-state index < -0.39 is 5.82 Å². The lowest BCUT2D eigenvalue weighted by atomic mass is 9.44. The van der Waals surface area contributed by atoms with Gasteiger partial charge in [0.05, 0.1) is 10.8 Å². The van der Waals surface area contributed by atoms with Crippen LogP contribution in [-0.4, -0.2) is 35.8 Å². The predicted molar refractivity (Wildman–Crippen MR) is 108 cm³/mol. The highest BCUT2D eigenvalue weighted by molar-refractivity contribution is 7.97. The lowest BCUT2D eigenvalue weighted by Crippen LogP contribution is -2.84. The molecule has 5 rings (SSSR count). The van der Waals surface area contributed by atoms with Crippen molar-refractivity contribution in [1.82, 2.24) is 10.6 Å². The predicted octanol–water partition coefficient (Wildman–Crippen LogP) is 3.54. The van der Waals surface area contributed by atoms with E-state index in [1.165, 1.54) is 12.1 Å². The maximum absolute atomic E-state index is 13.4. The molecule has 3 saturated carbocycles. The second kappa shape index (κ2) is 7.57. The standard InChI is InChI=1S/C20H20ClFN2O4S/c1-29-8-13-3-5-16(28-13)18(26)24-20-9-19(10-20,11-20)23-17(25)7-27-12-2-4-14(21)15(22)6-12/h2-6H,7-11H2,1H3,(H,23,25)(H,24,26). The number of carbonyl (C=O) groups excluding carboxylic acids is 2. The lowest BCUT2D eigenvalue weighted by Gasteiger charge is -2.70. The zero-order valence-corrected chi connectivity index (χ0v) is 17.3. The number of carbonyl (C=O) groups is 2. The molecular formula is C20H20ClFN2O4S. The SMILES string of the molecule is CSCc1ccc(C(=O)NC23CC(NC(=O)COc4ccc(Cl)c(F)c4)(C2)C3)o1. The summed E-state index contributed by atoms with van der Waals surface area (Å²) >= 11 is 7.24. The van der Waals surface area contributed by atoms with Crippen molar-refractivity contribution in [1.29, 1.82) is 0 Å². The number of hydrogen-bond acceptors (Lipinski definition) is 5. The average Bonchev–Trinajstić information content (AvgIpc) is 3.09. The van der Waals surface area contributed by atoms with Crippen molar-refractivity contribution in [3.8, 4) is 5.75 Å². The van der Waals surface area contributed by atoms with E-state index in [0.29, 0.717) is 25.0 Å². The quantitative estimate of drug-likeness (QED) is 0.659. The van der Waals surface area contributed by atoms with E-state index in [9.17, 15) is 14.0 Å². The summed E-state index contributed by atoms with van der Waals surface area (Å²) in [7, 11) is 0. The van der Waals surface area contributed by atoms with Crippen LogP contribution in [0.1, 0.15) is 35.6 Å². The number of amides is 2. The minimum absolute atomic E-state index is 0.00182. The van der Waals surface area contributed by atoms with Crippen molar-refractivity contribution in [2.45, 2.75) is 36.1 Å².